The third kappa shape index (κ3) is 7.80. The fourth-order valence-electron chi connectivity index (χ4n) is 3.81. The molecule has 0 unspecified atom stereocenters. The number of piperidine rings is 1. The average molecular weight is 492 g/mol. The topological polar surface area (TPSA) is 87.2 Å². The summed E-state index contributed by atoms with van der Waals surface area (Å²) in [5.74, 6) is 0.538. The molecule has 3 heterocycles. The van der Waals surface area contributed by atoms with Crippen molar-refractivity contribution in [1.29, 1.82) is 0 Å². The minimum absolute atomic E-state index is 0.160. The molecule has 1 N–H and O–H groups in total. The molecule has 2 saturated heterocycles. The maximum atomic E-state index is 12.2. The molecule has 0 saturated carbocycles. The van der Waals surface area contributed by atoms with Crippen molar-refractivity contribution < 1.29 is 19.1 Å². The lowest BCUT2D eigenvalue weighted by molar-refractivity contribution is 0.0531. The number of hydrogen-bond acceptors (Lipinski definition) is 7. The van der Waals surface area contributed by atoms with E-state index < -0.39 is 11.7 Å². The summed E-state index contributed by atoms with van der Waals surface area (Å²) in [6.07, 6.45) is 5.27. The van der Waals surface area contributed by atoms with Gasteiger partial charge >= 0.3 is 12.1 Å². The Morgan fingerprint density at radius 2 is 1.97 bits per heavy atom. The first-order chi connectivity index (χ1) is 16.1. The molecular formula is C24H37N5O4S. The lowest BCUT2D eigenvalue weighted by Crippen LogP contribution is -2.44. The van der Waals surface area contributed by atoms with Crippen molar-refractivity contribution >= 4 is 24.1 Å². The normalized spacial score (nSPS) is 18.4. The molecule has 2 aliphatic rings. The van der Waals surface area contributed by atoms with Crippen LogP contribution in [0.4, 0.5) is 9.59 Å². The van der Waals surface area contributed by atoms with E-state index in [2.05, 4.69) is 14.6 Å². The van der Waals surface area contributed by atoms with E-state index in [0.717, 1.165) is 49.5 Å². The summed E-state index contributed by atoms with van der Waals surface area (Å²) in [6, 6.07) is 4.37. The Labute approximate surface area is 207 Å². The standard InChI is InChI=1S/C24H37N5O4S/c1-6-18(15-26-22(30)33-24(2,3)4)17-32-21-8-7-20(16-25-21)34-28-11-9-19(10-12-28)29-14-13-27(5)23(29)31/h6-8,16,19H,9-15,17H2,1-5H3,(H,26,30)/b18-6+. The summed E-state index contributed by atoms with van der Waals surface area (Å²) in [4.78, 5) is 33.4. The average Bonchev–Trinajstić information content (AvgIpc) is 3.12. The lowest BCUT2D eigenvalue weighted by atomic mass is 10.1. The molecule has 188 valence electrons. The van der Waals surface area contributed by atoms with Gasteiger partial charge in [-0.05, 0) is 64.1 Å². The molecule has 0 aromatic carbocycles. The van der Waals surface area contributed by atoms with E-state index in [-0.39, 0.29) is 6.03 Å². The Balaban J connectivity index is 1.39. The number of ether oxygens (including phenoxy) is 2. The van der Waals surface area contributed by atoms with Gasteiger partial charge in [-0.25, -0.2) is 18.9 Å². The van der Waals surface area contributed by atoms with Gasteiger partial charge in [-0.3, -0.25) is 0 Å². The van der Waals surface area contributed by atoms with Crippen LogP contribution in [0.2, 0.25) is 0 Å². The van der Waals surface area contributed by atoms with E-state index in [1.165, 1.54) is 0 Å². The smallest absolute Gasteiger partial charge is 0.407 e. The van der Waals surface area contributed by atoms with Crippen LogP contribution in [-0.2, 0) is 4.74 Å². The molecule has 3 rings (SSSR count). The van der Waals surface area contributed by atoms with E-state index in [1.54, 1.807) is 16.8 Å². The molecule has 0 bridgehead atoms. The Kier molecular flexibility index (Phi) is 9.07. The Morgan fingerprint density at radius 1 is 1.24 bits per heavy atom. The first-order valence-electron chi connectivity index (χ1n) is 11.8. The zero-order chi connectivity index (χ0) is 24.7. The molecule has 34 heavy (non-hydrogen) atoms. The van der Waals surface area contributed by atoms with E-state index in [9.17, 15) is 9.59 Å². The van der Waals surface area contributed by atoms with Crippen molar-refractivity contribution in [3.05, 3.63) is 30.0 Å². The number of alkyl carbamates (subject to hydrolysis) is 1. The second-order valence-corrected chi connectivity index (χ2v) is 10.7. The molecule has 0 aliphatic carbocycles. The number of nitrogens with zero attached hydrogens (tertiary/aromatic N) is 4. The molecule has 1 aromatic rings. The number of aromatic nitrogens is 1. The number of carbonyl (C=O) groups excluding carboxylic acids is 2. The second kappa shape index (κ2) is 11.8. The molecule has 1 aromatic heterocycles. The number of pyridine rings is 1. The monoisotopic (exact) mass is 491 g/mol. The highest BCUT2D eigenvalue weighted by molar-refractivity contribution is 7.97. The zero-order valence-electron chi connectivity index (χ0n) is 20.9. The van der Waals surface area contributed by atoms with Gasteiger partial charge in [0.2, 0.25) is 5.88 Å². The SMILES string of the molecule is C/C=C(\CNC(=O)OC(C)(C)C)COc1ccc(SN2CCC(N3CCN(C)C3=O)CC2)cn1. The zero-order valence-corrected chi connectivity index (χ0v) is 21.7. The minimum Gasteiger partial charge on any atom is -0.473 e. The first kappa shape index (κ1) is 26.2. The van der Waals surface area contributed by atoms with Gasteiger partial charge in [-0.2, -0.15) is 0 Å². The fraction of sp³-hybridized carbons (Fsp3) is 0.625. The fourth-order valence-corrected chi connectivity index (χ4v) is 4.73. The van der Waals surface area contributed by atoms with Crippen LogP contribution in [-0.4, -0.2) is 89.2 Å². The van der Waals surface area contributed by atoms with Crippen LogP contribution in [0.1, 0.15) is 40.5 Å². The third-order valence-electron chi connectivity index (χ3n) is 5.73. The summed E-state index contributed by atoms with van der Waals surface area (Å²) >= 11 is 1.69. The summed E-state index contributed by atoms with van der Waals surface area (Å²) in [7, 11) is 1.87. The van der Waals surface area contributed by atoms with Crippen LogP contribution in [0.25, 0.3) is 0 Å². The summed E-state index contributed by atoms with van der Waals surface area (Å²) in [5.41, 5.74) is 0.400. The number of carbonyl (C=O) groups is 2. The van der Waals surface area contributed by atoms with Crippen LogP contribution in [0, 0.1) is 0 Å². The van der Waals surface area contributed by atoms with Crippen LogP contribution in [0.15, 0.2) is 34.9 Å². The molecule has 0 atom stereocenters. The second-order valence-electron chi connectivity index (χ2n) is 9.57. The van der Waals surface area contributed by atoms with Crippen molar-refractivity contribution in [2.24, 2.45) is 0 Å². The van der Waals surface area contributed by atoms with E-state index in [0.29, 0.717) is 25.1 Å². The Bertz CT molecular complexity index is 863. The van der Waals surface area contributed by atoms with Crippen LogP contribution >= 0.6 is 11.9 Å². The maximum Gasteiger partial charge on any atom is 0.407 e. The highest BCUT2D eigenvalue weighted by Gasteiger charge is 2.33. The molecule has 3 amide bonds. The van der Waals surface area contributed by atoms with Gasteiger partial charge in [0.15, 0.2) is 0 Å². The molecular weight excluding hydrogens is 454 g/mol. The molecule has 2 aliphatic heterocycles. The number of rotatable bonds is 8. The predicted octanol–water partition coefficient (Wildman–Crippen LogP) is 3.77. The summed E-state index contributed by atoms with van der Waals surface area (Å²) in [6.45, 7) is 11.6. The minimum atomic E-state index is -0.528. The quantitative estimate of drug-likeness (QED) is 0.437. The van der Waals surface area contributed by atoms with Crippen molar-refractivity contribution in [3.63, 3.8) is 0 Å². The van der Waals surface area contributed by atoms with Gasteiger partial charge < -0.3 is 24.6 Å². The van der Waals surface area contributed by atoms with Crippen LogP contribution in [0.3, 0.4) is 0 Å². The number of allylic oxidation sites excluding steroid dienone is 1. The van der Waals surface area contributed by atoms with Crippen molar-refractivity contribution in [3.8, 4) is 5.88 Å². The lowest BCUT2D eigenvalue weighted by Gasteiger charge is -2.35. The Morgan fingerprint density at radius 3 is 2.53 bits per heavy atom. The van der Waals surface area contributed by atoms with Gasteiger partial charge in [-0.15, -0.1) is 0 Å². The molecule has 0 radical (unpaired) electrons. The predicted molar refractivity (Wildman–Crippen MR) is 133 cm³/mol. The van der Waals surface area contributed by atoms with Crippen molar-refractivity contribution in [2.45, 2.75) is 57.1 Å². The van der Waals surface area contributed by atoms with Gasteiger partial charge in [0.1, 0.15) is 12.2 Å². The molecule has 10 heteroatoms. The van der Waals surface area contributed by atoms with E-state index in [1.807, 2.05) is 64.0 Å². The molecule has 2 fully saturated rings. The Hall–Kier alpha value is -2.46. The largest absolute Gasteiger partial charge is 0.473 e. The van der Waals surface area contributed by atoms with Crippen molar-refractivity contribution in [2.75, 3.05) is 46.4 Å². The summed E-state index contributed by atoms with van der Waals surface area (Å²) in [5, 5.41) is 2.74. The summed E-state index contributed by atoms with van der Waals surface area (Å²) < 4.78 is 13.4. The van der Waals surface area contributed by atoms with Crippen LogP contribution in [0.5, 0.6) is 5.88 Å². The van der Waals surface area contributed by atoms with Gasteiger partial charge in [0.25, 0.3) is 0 Å². The molecule has 9 nitrogen and oxygen atoms in total. The number of amides is 3. The number of hydrogen-bond donors (Lipinski definition) is 1. The van der Waals surface area contributed by atoms with Gasteiger partial charge in [0, 0.05) is 63.0 Å². The maximum absolute atomic E-state index is 12.2. The van der Waals surface area contributed by atoms with Gasteiger partial charge in [-0.1, -0.05) is 6.08 Å². The number of nitrogens with one attached hydrogen (secondary N) is 1. The van der Waals surface area contributed by atoms with Crippen molar-refractivity contribution in [1.82, 2.24) is 24.4 Å². The van der Waals surface area contributed by atoms with E-state index in [4.69, 9.17) is 9.47 Å². The van der Waals surface area contributed by atoms with Gasteiger partial charge in [0.05, 0.1) is 0 Å². The number of urea groups is 1. The first-order valence-corrected chi connectivity index (χ1v) is 12.6. The number of likely N-dealkylation sites (N-methyl/N-ethyl adjacent to an activating group) is 1. The molecule has 0 spiro atoms. The van der Waals surface area contributed by atoms with E-state index >= 15 is 0 Å². The highest BCUT2D eigenvalue weighted by atomic mass is 32.2. The van der Waals surface area contributed by atoms with Crippen LogP contribution < -0.4 is 10.1 Å². The third-order valence-corrected chi connectivity index (χ3v) is 6.80. The highest BCUT2D eigenvalue weighted by Crippen LogP contribution is 2.29.